The fourth-order valence-corrected chi connectivity index (χ4v) is 2.65. The average molecular weight is 237 g/mol. The van der Waals surface area contributed by atoms with Crippen molar-refractivity contribution in [1.29, 1.82) is 0 Å². The van der Waals surface area contributed by atoms with E-state index < -0.39 is 0 Å². The van der Waals surface area contributed by atoms with Crippen LogP contribution < -0.4 is 5.73 Å². The summed E-state index contributed by atoms with van der Waals surface area (Å²) in [6.07, 6.45) is 3.64. The third kappa shape index (κ3) is 2.77. The zero-order chi connectivity index (χ0) is 10.7. The summed E-state index contributed by atoms with van der Waals surface area (Å²) in [5.41, 5.74) is 6.64. The van der Waals surface area contributed by atoms with Crippen molar-refractivity contribution in [2.24, 2.45) is 5.73 Å². The first-order chi connectivity index (χ1) is 7.25. The van der Waals surface area contributed by atoms with E-state index in [9.17, 15) is 0 Å². The van der Waals surface area contributed by atoms with Crippen LogP contribution in [0.4, 0.5) is 0 Å². The summed E-state index contributed by atoms with van der Waals surface area (Å²) in [6.45, 7) is 1.93. The van der Waals surface area contributed by atoms with Gasteiger partial charge in [-0.15, -0.1) is 11.3 Å². The normalized spacial score (nSPS) is 12.7. The molecule has 15 heavy (non-hydrogen) atoms. The highest BCUT2D eigenvalue weighted by molar-refractivity contribution is 8.01. The molecular weight excluding hydrogens is 226 g/mol. The molecule has 2 heterocycles. The molecule has 0 saturated heterocycles. The molecule has 3 nitrogen and oxygen atoms in total. The SMILES string of the molecule is CC(N)c1ccc(Sc2nccs2)cn1. The predicted octanol–water partition coefficient (Wildman–Crippen LogP) is 2.71. The van der Waals surface area contributed by atoms with Crippen LogP contribution in [0.1, 0.15) is 18.7 Å². The number of hydrogen-bond donors (Lipinski definition) is 1. The maximum atomic E-state index is 5.72. The van der Waals surface area contributed by atoms with Gasteiger partial charge in [-0.3, -0.25) is 4.98 Å². The summed E-state index contributed by atoms with van der Waals surface area (Å²) >= 11 is 3.25. The van der Waals surface area contributed by atoms with Crippen molar-refractivity contribution in [2.75, 3.05) is 0 Å². The molecule has 78 valence electrons. The second-order valence-corrected chi connectivity index (χ2v) is 5.32. The van der Waals surface area contributed by atoms with Crippen LogP contribution in [0.3, 0.4) is 0 Å². The van der Waals surface area contributed by atoms with Gasteiger partial charge in [-0.1, -0.05) is 11.8 Å². The largest absolute Gasteiger partial charge is 0.323 e. The van der Waals surface area contributed by atoms with Gasteiger partial charge >= 0.3 is 0 Å². The molecule has 0 aromatic carbocycles. The summed E-state index contributed by atoms with van der Waals surface area (Å²) < 4.78 is 1.03. The Kier molecular flexibility index (Phi) is 3.35. The van der Waals surface area contributed by atoms with Gasteiger partial charge in [0.05, 0.1) is 5.69 Å². The van der Waals surface area contributed by atoms with Crippen molar-refractivity contribution in [2.45, 2.75) is 22.2 Å². The second kappa shape index (κ2) is 4.74. The monoisotopic (exact) mass is 237 g/mol. The van der Waals surface area contributed by atoms with Gasteiger partial charge in [0, 0.05) is 28.7 Å². The first kappa shape index (κ1) is 10.6. The van der Waals surface area contributed by atoms with E-state index in [1.165, 1.54) is 0 Å². The maximum absolute atomic E-state index is 5.72. The molecule has 0 saturated carbocycles. The van der Waals surface area contributed by atoms with Crippen molar-refractivity contribution in [3.05, 3.63) is 35.6 Å². The van der Waals surface area contributed by atoms with Crippen LogP contribution in [0.25, 0.3) is 0 Å². The molecule has 2 rings (SSSR count). The third-order valence-corrected chi connectivity index (χ3v) is 3.70. The van der Waals surface area contributed by atoms with Crippen molar-refractivity contribution in [3.63, 3.8) is 0 Å². The Morgan fingerprint density at radius 1 is 1.40 bits per heavy atom. The predicted molar refractivity (Wildman–Crippen MR) is 63.1 cm³/mol. The van der Waals surface area contributed by atoms with Gasteiger partial charge in [-0.2, -0.15) is 0 Å². The molecule has 0 aliphatic carbocycles. The van der Waals surface area contributed by atoms with E-state index in [0.717, 1.165) is 14.9 Å². The quantitative estimate of drug-likeness (QED) is 0.891. The molecule has 1 atom stereocenters. The first-order valence-corrected chi connectivity index (χ1v) is 6.24. The van der Waals surface area contributed by atoms with Crippen LogP contribution in [-0.2, 0) is 0 Å². The fraction of sp³-hybridized carbons (Fsp3) is 0.200. The van der Waals surface area contributed by atoms with Crippen molar-refractivity contribution >= 4 is 23.1 Å². The Morgan fingerprint density at radius 3 is 2.80 bits per heavy atom. The van der Waals surface area contributed by atoms with E-state index in [4.69, 9.17) is 5.73 Å². The first-order valence-electron chi connectivity index (χ1n) is 4.54. The molecule has 0 aliphatic heterocycles. The molecule has 0 aliphatic rings. The average Bonchev–Trinajstić information content (AvgIpc) is 2.71. The maximum Gasteiger partial charge on any atom is 0.154 e. The van der Waals surface area contributed by atoms with Gasteiger partial charge < -0.3 is 5.73 Å². The van der Waals surface area contributed by atoms with E-state index in [2.05, 4.69) is 9.97 Å². The molecular formula is C10H11N3S2. The van der Waals surface area contributed by atoms with Crippen molar-refractivity contribution in [1.82, 2.24) is 9.97 Å². The molecule has 0 bridgehead atoms. The topological polar surface area (TPSA) is 51.8 Å². The lowest BCUT2D eigenvalue weighted by molar-refractivity contribution is 0.777. The van der Waals surface area contributed by atoms with Gasteiger partial charge in [0.2, 0.25) is 0 Å². The minimum Gasteiger partial charge on any atom is -0.323 e. The third-order valence-electron chi connectivity index (χ3n) is 1.84. The number of hydrogen-bond acceptors (Lipinski definition) is 5. The summed E-state index contributed by atoms with van der Waals surface area (Å²) in [6, 6.07) is 3.97. The molecule has 2 N–H and O–H groups in total. The highest BCUT2D eigenvalue weighted by atomic mass is 32.2. The van der Waals surface area contributed by atoms with Crippen LogP contribution in [0, 0.1) is 0 Å². The van der Waals surface area contributed by atoms with E-state index in [1.54, 1.807) is 29.3 Å². The Hall–Kier alpha value is -0.910. The minimum absolute atomic E-state index is 0.0103. The molecule has 0 radical (unpaired) electrons. The van der Waals surface area contributed by atoms with Crippen LogP contribution in [0.15, 0.2) is 39.1 Å². The van der Waals surface area contributed by atoms with Crippen molar-refractivity contribution < 1.29 is 0 Å². The number of rotatable bonds is 3. The fourth-order valence-electron chi connectivity index (χ4n) is 1.08. The van der Waals surface area contributed by atoms with Gasteiger partial charge in [0.15, 0.2) is 4.34 Å². The summed E-state index contributed by atoms with van der Waals surface area (Å²) in [7, 11) is 0. The smallest absolute Gasteiger partial charge is 0.154 e. The van der Waals surface area contributed by atoms with E-state index >= 15 is 0 Å². The summed E-state index contributed by atoms with van der Waals surface area (Å²) in [5, 5.41) is 1.96. The minimum atomic E-state index is -0.0103. The molecule has 1 unspecified atom stereocenters. The van der Waals surface area contributed by atoms with Crippen LogP contribution in [-0.4, -0.2) is 9.97 Å². The van der Waals surface area contributed by atoms with Gasteiger partial charge in [-0.05, 0) is 19.1 Å². The van der Waals surface area contributed by atoms with Gasteiger partial charge in [0.1, 0.15) is 0 Å². The number of nitrogens with two attached hydrogens (primary N) is 1. The zero-order valence-corrected chi connectivity index (χ0v) is 9.89. The number of pyridine rings is 1. The van der Waals surface area contributed by atoms with E-state index in [1.807, 2.05) is 30.6 Å². The van der Waals surface area contributed by atoms with Crippen LogP contribution in [0.5, 0.6) is 0 Å². The van der Waals surface area contributed by atoms with Gasteiger partial charge in [0.25, 0.3) is 0 Å². The number of nitrogens with zero attached hydrogens (tertiary/aromatic N) is 2. The van der Waals surface area contributed by atoms with Gasteiger partial charge in [-0.25, -0.2) is 4.98 Å². The molecule has 5 heteroatoms. The number of aromatic nitrogens is 2. The Balaban J connectivity index is 2.11. The second-order valence-electron chi connectivity index (χ2n) is 3.11. The lowest BCUT2D eigenvalue weighted by Gasteiger charge is -2.04. The zero-order valence-electron chi connectivity index (χ0n) is 8.25. The Morgan fingerprint density at radius 2 is 2.27 bits per heavy atom. The Bertz CT molecular complexity index is 409. The van der Waals surface area contributed by atoms with E-state index in [-0.39, 0.29) is 6.04 Å². The van der Waals surface area contributed by atoms with Crippen LogP contribution in [0.2, 0.25) is 0 Å². The lowest BCUT2D eigenvalue weighted by Crippen LogP contribution is -2.06. The number of thiazole rings is 1. The van der Waals surface area contributed by atoms with E-state index in [0.29, 0.717) is 0 Å². The lowest BCUT2D eigenvalue weighted by atomic mass is 10.2. The molecule has 0 fully saturated rings. The Labute approximate surface area is 96.8 Å². The molecule has 2 aromatic heterocycles. The summed E-state index contributed by atoms with van der Waals surface area (Å²) in [4.78, 5) is 9.58. The van der Waals surface area contributed by atoms with Crippen molar-refractivity contribution in [3.8, 4) is 0 Å². The standard InChI is InChI=1S/C10H11N3S2/c1-7(11)9-3-2-8(6-13-9)15-10-12-4-5-14-10/h2-7H,11H2,1H3. The molecule has 0 spiro atoms. The summed E-state index contributed by atoms with van der Waals surface area (Å²) in [5.74, 6) is 0. The highest BCUT2D eigenvalue weighted by Crippen LogP contribution is 2.28. The van der Waals surface area contributed by atoms with Crippen LogP contribution >= 0.6 is 23.1 Å². The molecule has 2 aromatic rings. The highest BCUT2D eigenvalue weighted by Gasteiger charge is 2.03. The molecule has 0 amide bonds.